The Bertz CT molecular complexity index is 626. The van der Waals surface area contributed by atoms with Gasteiger partial charge in [-0.15, -0.1) is 0 Å². The molecule has 1 saturated heterocycles. The van der Waals surface area contributed by atoms with Gasteiger partial charge in [0.2, 0.25) is 10.0 Å². The van der Waals surface area contributed by atoms with Crippen LogP contribution in [0, 0.1) is 0 Å². The normalized spacial score (nSPS) is 20.4. The van der Waals surface area contributed by atoms with Crippen LogP contribution in [0.5, 0.6) is 0 Å². The quantitative estimate of drug-likeness (QED) is 0.840. The zero-order valence-electron chi connectivity index (χ0n) is 11.6. The summed E-state index contributed by atoms with van der Waals surface area (Å²) in [4.78, 5) is -0.713. The van der Waals surface area contributed by atoms with Crippen LogP contribution < -0.4 is 0 Å². The van der Waals surface area contributed by atoms with Crippen LogP contribution in [0.15, 0.2) is 29.2 Å². The van der Waals surface area contributed by atoms with Crippen molar-refractivity contribution in [3.05, 3.63) is 29.8 Å². The van der Waals surface area contributed by atoms with E-state index in [0.29, 0.717) is 0 Å². The van der Waals surface area contributed by atoms with Gasteiger partial charge < -0.3 is 4.74 Å². The number of rotatable bonds is 2. The third-order valence-electron chi connectivity index (χ3n) is 3.20. The third-order valence-corrected chi connectivity index (χ3v) is 5.10. The van der Waals surface area contributed by atoms with Gasteiger partial charge in [-0.05, 0) is 26.0 Å². The van der Waals surface area contributed by atoms with Gasteiger partial charge in [0.1, 0.15) is 0 Å². The smallest absolute Gasteiger partial charge is 0.373 e. The van der Waals surface area contributed by atoms with Crippen LogP contribution in [-0.2, 0) is 20.9 Å². The van der Waals surface area contributed by atoms with Crippen molar-refractivity contribution in [3.63, 3.8) is 0 Å². The molecule has 4 nitrogen and oxygen atoms in total. The number of ether oxygens (including phenoxy) is 1. The Hall–Kier alpha value is -1.12. The number of nitrogens with zero attached hydrogens (tertiary/aromatic N) is 1. The average molecular weight is 323 g/mol. The number of hydrogen-bond donors (Lipinski definition) is 0. The first-order chi connectivity index (χ1) is 9.54. The van der Waals surface area contributed by atoms with E-state index in [9.17, 15) is 21.6 Å². The fourth-order valence-electron chi connectivity index (χ4n) is 2.24. The van der Waals surface area contributed by atoms with Gasteiger partial charge in [0.15, 0.2) is 0 Å². The van der Waals surface area contributed by atoms with Crippen molar-refractivity contribution in [2.45, 2.75) is 30.5 Å². The van der Waals surface area contributed by atoms with Crippen LogP contribution in [0.25, 0.3) is 0 Å². The average Bonchev–Trinajstić information content (AvgIpc) is 2.36. The molecule has 0 spiro atoms. The molecule has 2 rings (SSSR count). The maximum absolute atomic E-state index is 13.0. The molecule has 0 atom stereocenters. The number of alkyl halides is 3. The SMILES string of the molecule is CC1(C)CN(S(=O)(=O)c2ccccc2C(F)(F)F)CCO1. The highest BCUT2D eigenvalue weighted by Crippen LogP contribution is 2.35. The zero-order valence-corrected chi connectivity index (χ0v) is 12.5. The molecule has 1 heterocycles. The molecule has 1 fully saturated rings. The van der Waals surface area contributed by atoms with Gasteiger partial charge >= 0.3 is 6.18 Å². The fourth-order valence-corrected chi connectivity index (χ4v) is 4.03. The summed E-state index contributed by atoms with van der Waals surface area (Å²) in [6, 6.07) is 4.22. The molecular formula is C13H16F3NO3S. The van der Waals surface area contributed by atoms with Gasteiger partial charge in [-0.25, -0.2) is 8.42 Å². The maximum atomic E-state index is 13.0. The molecular weight excluding hydrogens is 307 g/mol. The summed E-state index contributed by atoms with van der Waals surface area (Å²) < 4.78 is 70.4. The van der Waals surface area contributed by atoms with Crippen LogP contribution in [0.1, 0.15) is 19.4 Å². The molecule has 1 aromatic rings. The van der Waals surface area contributed by atoms with E-state index in [1.54, 1.807) is 13.8 Å². The number of hydrogen-bond acceptors (Lipinski definition) is 3. The molecule has 0 saturated carbocycles. The first kappa shape index (κ1) is 16.3. The molecule has 0 radical (unpaired) electrons. The lowest BCUT2D eigenvalue weighted by molar-refractivity contribution is -0.140. The van der Waals surface area contributed by atoms with E-state index in [1.165, 1.54) is 12.1 Å². The van der Waals surface area contributed by atoms with Crippen molar-refractivity contribution in [2.75, 3.05) is 19.7 Å². The van der Waals surface area contributed by atoms with Crippen molar-refractivity contribution in [1.82, 2.24) is 4.31 Å². The Morgan fingerprint density at radius 2 is 1.86 bits per heavy atom. The minimum Gasteiger partial charge on any atom is -0.373 e. The summed E-state index contributed by atoms with van der Waals surface area (Å²) in [5.41, 5.74) is -1.87. The Morgan fingerprint density at radius 1 is 1.24 bits per heavy atom. The highest BCUT2D eigenvalue weighted by molar-refractivity contribution is 7.89. The molecule has 1 aliphatic heterocycles. The summed E-state index contributed by atoms with van der Waals surface area (Å²) in [5, 5.41) is 0. The van der Waals surface area contributed by atoms with E-state index in [0.717, 1.165) is 16.4 Å². The Morgan fingerprint density at radius 3 is 2.43 bits per heavy atom. The second-order valence-corrected chi connectivity index (χ2v) is 7.35. The van der Waals surface area contributed by atoms with Crippen molar-refractivity contribution < 1.29 is 26.3 Å². The molecule has 0 aromatic heterocycles. The summed E-state index contributed by atoms with van der Waals surface area (Å²) in [6.07, 6.45) is -4.72. The van der Waals surface area contributed by atoms with Gasteiger partial charge in [0.25, 0.3) is 0 Å². The van der Waals surface area contributed by atoms with E-state index < -0.39 is 32.3 Å². The van der Waals surface area contributed by atoms with E-state index in [2.05, 4.69) is 0 Å². The molecule has 0 N–H and O–H groups in total. The predicted octanol–water partition coefficient (Wildman–Crippen LogP) is 2.50. The number of sulfonamides is 1. The minimum absolute atomic E-state index is 0.0154. The lowest BCUT2D eigenvalue weighted by atomic mass is 10.1. The van der Waals surface area contributed by atoms with Crippen LogP contribution >= 0.6 is 0 Å². The summed E-state index contributed by atoms with van der Waals surface area (Å²) in [7, 11) is -4.21. The van der Waals surface area contributed by atoms with Crippen LogP contribution in [0.2, 0.25) is 0 Å². The monoisotopic (exact) mass is 323 g/mol. The van der Waals surface area contributed by atoms with Crippen molar-refractivity contribution in [2.24, 2.45) is 0 Å². The first-order valence-corrected chi connectivity index (χ1v) is 7.78. The highest BCUT2D eigenvalue weighted by atomic mass is 32.2. The second kappa shape index (κ2) is 5.26. The molecule has 0 aliphatic carbocycles. The van der Waals surface area contributed by atoms with Crippen molar-refractivity contribution >= 4 is 10.0 Å². The molecule has 0 unspecified atom stereocenters. The molecule has 8 heteroatoms. The van der Waals surface area contributed by atoms with Crippen molar-refractivity contribution in [1.29, 1.82) is 0 Å². The third kappa shape index (κ3) is 3.38. The number of benzene rings is 1. The Labute approximate surface area is 121 Å². The molecule has 21 heavy (non-hydrogen) atoms. The zero-order chi connectivity index (χ0) is 15.9. The Balaban J connectivity index is 2.46. The standard InChI is InChI=1S/C13H16F3NO3S/c1-12(2)9-17(7-8-20-12)21(18,19)11-6-4-3-5-10(11)13(14,15)16/h3-6H,7-9H2,1-2H3. The van der Waals surface area contributed by atoms with Gasteiger partial charge in [-0.3, -0.25) is 0 Å². The molecule has 0 bridgehead atoms. The summed E-state index contributed by atoms with van der Waals surface area (Å²) in [6.45, 7) is 3.61. The lowest BCUT2D eigenvalue weighted by Crippen LogP contribution is -2.50. The van der Waals surface area contributed by atoms with Crippen LogP contribution in [0.4, 0.5) is 13.2 Å². The van der Waals surface area contributed by atoms with Gasteiger partial charge in [0.05, 0.1) is 22.7 Å². The van der Waals surface area contributed by atoms with E-state index in [1.807, 2.05) is 0 Å². The number of morpholine rings is 1. The molecule has 1 aromatic carbocycles. The molecule has 0 amide bonds. The highest BCUT2D eigenvalue weighted by Gasteiger charge is 2.41. The molecule has 1 aliphatic rings. The van der Waals surface area contributed by atoms with Gasteiger partial charge in [-0.1, -0.05) is 12.1 Å². The summed E-state index contributed by atoms with van der Waals surface area (Å²) in [5.74, 6) is 0. The van der Waals surface area contributed by atoms with E-state index >= 15 is 0 Å². The largest absolute Gasteiger partial charge is 0.417 e. The van der Waals surface area contributed by atoms with Crippen LogP contribution in [0.3, 0.4) is 0 Å². The van der Waals surface area contributed by atoms with Gasteiger partial charge in [0, 0.05) is 13.1 Å². The maximum Gasteiger partial charge on any atom is 0.417 e. The second-order valence-electron chi connectivity index (χ2n) is 5.44. The molecule has 118 valence electrons. The van der Waals surface area contributed by atoms with E-state index in [-0.39, 0.29) is 19.7 Å². The summed E-state index contributed by atoms with van der Waals surface area (Å²) >= 11 is 0. The fraction of sp³-hybridized carbons (Fsp3) is 0.538. The van der Waals surface area contributed by atoms with Crippen molar-refractivity contribution in [3.8, 4) is 0 Å². The van der Waals surface area contributed by atoms with Gasteiger partial charge in [-0.2, -0.15) is 17.5 Å². The predicted molar refractivity (Wildman–Crippen MR) is 70.2 cm³/mol. The minimum atomic E-state index is -4.72. The van der Waals surface area contributed by atoms with Crippen LogP contribution in [-0.4, -0.2) is 38.0 Å². The first-order valence-electron chi connectivity index (χ1n) is 6.34. The number of halogens is 3. The lowest BCUT2D eigenvalue weighted by Gasteiger charge is -2.37. The van der Waals surface area contributed by atoms with E-state index in [4.69, 9.17) is 4.74 Å². The Kier molecular flexibility index (Phi) is 4.07. The topological polar surface area (TPSA) is 46.6 Å².